The molecule has 23 aromatic rings. The first-order valence-corrected chi connectivity index (χ1v) is 44.2. The molecule has 0 bridgehead atoms. The summed E-state index contributed by atoms with van der Waals surface area (Å²) in [7, 11) is 0. The molecule has 16 heteroatoms. The Balaban J connectivity index is 0.000000116. The highest BCUT2D eigenvalue weighted by molar-refractivity contribution is 14.1. The van der Waals surface area contributed by atoms with Crippen molar-refractivity contribution in [3.8, 4) is 68.3 Å². The number of aromatic amines is 2. The summed E-state index contributed by atoms with van der Waals surface area (Å²) in [5.74, 6) is 3.72. The number of benzene rings is 17. The van der Waals surface area contributed by atoms with E-state index in [1.807, 2.05) is 72.8 Å². The molecule has 11 nitrogen and oxygen atoms in total. The van der Waals surface area contributed by atoms with Crippen molar-refractivity contribution < 1.29 is 0 Å². The summed E-state index contributed by atoms with van der Waals surface area (Å²) >= 11 is 11.5. The number of nitrogens with zero attached hydrogens (tertiary/aromatic N) is 9. The van der Waals surface area contributed by atoms with Crippen LogP contribution in [0.1, 0.15) is 22.6 Å². The molecule has 7 heterocycles. The average molecular weight is 1950 g/mol. The van der Waals surface area contributed by atoms with Crippen LogP contribution in [0.5, 0.6) is 0 Å². The second-order valence-electron chi connectivity index (χ2n) is 29.8. The Hall–Kier alpha value is -13.6. The van der Waals surface area contributed by atoms with Gasteiger partial charge in [0.2, 0.25) is 0 Å². The third-order valence-electron chi connectivity index (χ3n) is 22.0. The summed E-state index contributed by atoms with van der Waals surface area (Å²) in [4.78, 5) is 31.8. The fourth-order valence-corrected chi connectivity index (χ4v) is 20.1. The first-order valence-electron chi connectivity index (χ1n) is 40.5. The van der Waals surface area contributed by atoms with Crippen LogP contribution >= 0.6 is 77.0 Å². The van der Waals surface area contributed by atoms with Gasteiger partial charge in [-0.05, 0) is 195 Å². The maximum absolute atomic E-state index is 5.20. The number of para-hydroxylation sites is 13. The molecule has 24 rings (SSSR count). The Morgan fingerprint density at radius 2 is 0.613 bits per heavy atom. The van der Waals surface area contributed by atoms with E-state index < -0.39 is 0 Å². The lowest BCUT2D eigenvalue weighted by atomic mass is 9.85. The van der Waals surface area contributed by atoms with Crippen LogP contribution in [-0.2, 0) is 0 Å². The van der Waals surface area contributed by atoms with Gasteiger partial charge in [0.1, 0.15) is 23.3 Å². The Bertz CT molecular complexity index is 7510. The standard InChI is InChI=1S/C44H29N5.C33H22IN3.C13H10N2.C12H9N.C6H3Br2I.B/c1-3-15-30(16-4-1)43-45-37-21-9-13-25-41(37)48(43)33-27-32(47-39-23-11-7-19-35(39)36-20-8-12-24-40(36)47)28-34(29-33)49-42-26-14-10-22-38(42)46-44(49)31-17-5-2-6-18-31;34-25-19-24(31-27-15-7-8-16-28(27)35-32(31)22-11-3-1-4-12-22)20-26(21-25)37-30-18-10-9-17-29(30)36-33(37)23-13-5-2-6-14-23;1-2-6-10(7-3-1)13-14-11-8-4-5-9-12(11)15-13;1-3-7-11-9(5-1)10-6-2-4-8-12(10)13-11;7-4-1-5(8)3-6(9)2-4;/h1-29H;1-21,31H;1-9H,(H,14,15);1-8,13H;1-3H;. The minimum absolute atomic E-state index is 0. The van der Waals surface area contributed by atoms with Gasteiger partial charge in [-0.3, -0.25) is 18.7 Å². The van der Waals surface area contributed by atoms with Gasteiger partial charge in [-0.1, -0.05) is 323 Å². The summed E-state index contributed by atoms with van der Waals surface area (Å²) in [6.07, 6.45) is 0. The van der Waals surface area contributed by atoms with Gasteiger partial charge in [-0.15, -0.1) is 0 Å². The molecule has 0 spiro atoms. The molecule has 17 aromatic carbocycles. The molecule has 2 N–H and O–H groups in total. The maximum atomic E-state index is 5.20. The van der Waals surface area contributed by atoms with Crippen LogP contribution in [0.4, 0.5) is 5.69 Å². The zero-order chi connectivity index (χ0) is 82.7. The molecule has 1 aliphatic heterocycles. The Morgan fingerprint density at radius 1 is 0.266 bits per heavy atom. The van der Waals surface area contributed by atoms with Crippen molar-refractivity contribution in [3.63, 3.8) is 0 Å². The van der Waals surface area contributed by atoms with Gasteiger partial charge in [-0.25, -0.2) is 19.9 Å². The molecule has 0 aliphatic carbocycles. The van der Waals surface area contributed by atoms with Crippen molar-refractivity contribution in [2.24, 2.45) is 4.99 Å². The van der Waals surface area contributed by atoms with E-state index in [-0.39, 0.29) is 14.3 Å². The predicted molar refractivity (Wildman–Crippen MR) is 539 cm³/mol. The van der Waals surface area contributed by atoms with Crippen LogP contribution < -0.4 is 0 Å². The molecular formula is C108H73BBr2I2N11. The monoisotopic (exact) mass is 1950 g/mol. The highest BCUT2D eigenvalue weighted by atomic mass is 127. The van der Waals surface area contributed by atoms with Gasteiger partial charge in [0.05, 0.1) is 89.5 Å². The molecule has 124 heavy (non-hydrogen) atoms. The lowest BCUT2D eigenvalue weighted by Gasteiger charge is -2.19. The second kappa shape index (κ2) is 35.8. The number of nitrogens with one attached hydrogen (secondary N) is 2. The van der Waals surface area contributed by atoms with Crippen molar-refractivity contribution in [1.82, 2.24) is 48.2 Å². The highest BCUT2D eigenvalue weighted by Gasteiger charge is 2.31. The number of hydrogen-bond acceptors (Lipinski definition) is 5. The lowest BCUT2D eigenvalue weighted by Crippen LogP contribution is -2.12. The molecule has 0 saturated heterocycles. The number of hydrogen-bond donors (Lipinski definition) is 2. The third kappa shape index (κ3) is 16.2. The molecule has 6 aromatic heterocycles. The number of aromatic nitrogens is 10. The van der Waals surface area contributed by atoms with Crippen LogP contribution in [0, 0.1) is 7.14 Å². The molecule has 1 unspecified atom stereocenters. The number of rotatable bonds is 10. The Labute approximate surface area is 762 Å². The molecule has 0 amide bonds. The minimum Gasteiger partial charge on any atom is -0.355 e. The van der Waals surface area contributed by atoms with E-state index in [1.54, 1.807) is 0 Å². The lowest BCUT2D eigenvalue weighted by molar-refractivity contribution is 1.05. The largest absolute Gasteiger partial charge is 0.355 e. The van der Waals surface area contributed by atoms with Crippen molar-refractivity contribution in [2.75, 3.05) is 0 Å². The molecule has 1 atom stereocenters. The summed E-state index contributed by atoms with van der Waals surface area (Å²) in [5.41, 5.74) is 27.2. The topological polar surface area (TPSA) is 115 Å². The van der Waals surface area contributed by atoms with Gasteiger partial charge in [-0.2, -0.15) is 0 Å². The van der Waals surface area contributed by atoms with E-state index in [9.17, 15) is 0 Å². The zero-order valence-corrected chi connectivity index (χ0v) is 74.1. The fraction of sp³-hybridized carbons (Fsp3) is 0.00926. The fourth-order valence-electron chi connectivity index (χ4n) is 16.6. The first kappa shape index (κ1) is 80.1. The quantitative estimate of drug-likeness (QED) is 0.105. The van der Waals surface area contributed by atoms with Crippen LogP contribution in [0.2, 0.25) is 0 Å². The van der Waals surface area contributed by atoms with Crippen LogP contribution in [0.3, 0.4) is 0 Å². The van der Waals surface area contributed by atoms with Gasteiger partial charge in [0, 0.05) is 85.0 Å². The second-order valence-corrected chi connectivity index (χ2v) is 34.1. The summed E-state index contributed by atoms with van der Waals surface area (Å²) < 4.78 is 13.9. The van der Waals surface area contributed by atoms with Crippen LogP contribution in [0.25, 0.3) is 156 Å². The smallest absolute Gasteiger partial charge is 0.145 e. The SMILES string of the molecule is Brc1cc(Br)cc(I)c1.Ic1cc(C2C(c3ccccc3)=Nc3ccccc32)cc(-n2c(-c3ccccc3)nc3ccccc32)c1.[B].c1ccc(-c2nc3ccccc3[nH]2)cc1.c1ccc(-c2nc3ccccc3n2-c2cc(-n3c(-c4ccccc4)nc4ccccc43)cc(-n3c4ccccc4c4ccccc43)c2)cc1.c1ccc2c(c1)[nH]c1ccccc12. The number of aliphatic imine (C=N–C) groups is 1. The number of H-pyrrole nitrogens is 2. The molecule has 3 radical (unpaired) electrons. The van der Waals surface area contributed by atoms with Gasteiger partial charge < -0.3 is 14.5 Å². The molecular weight excluding hydrogens is 1880 g/mol. The predicted octanol–water partition coefficient (Wildman–Crippen LogP) is 29.3. The number of fused-ring (bicyclic) bond motifs is 11. The van der Waals surface area contributed by atoms with Gasteiger partial charge >= 0.3 is 0 Å². The Kier molecular flexibility index (Phi) is 23.1. The number of imidazole rings is 4. The highest BCUT2D eigenvalue weighted by Crippen LogP contribution is 2.45. The molecule has 591 valence electrons. The molecule has 1 aliphatic rings. The van der Waals surface area contributed by atoms with Crippen molar-refractivity contribution >= 4 is 185 Å². The van der Waals surface area contributed by atoms with Crippen molar-refractivity contribution in [2.45, 2.75) is 5.92 Å². The normalized spacial score (nSPS) is 12.1. The van der Waals surface area contributed by atoms with E-state index in [0.717, 1.165) is 149 Å². The van der Waals surface area contributed by atoms with E-state index in [2.05, 4.69) is 462 Å². The first-order chi connectivity index (χ1) is 60.6. The van der Waals surface area contributed by atoms with E-state index >= 15 is 0 Å². The maximum Gasteiger partial charge on any atom is 0.145 e. The van der Waals surface area contributed by atoms with E-state index in [4.69, 9.17) is 19.9 Å². The van der Waals surface area contributed by atoms with E-state index in [1.165, 1.54) is 50.8 Å². The van der Waals surface area contributed by atoms with Crippen LogP contribution in [-0.4, -0.2) is 62.3 Å². The van der Waals surface area contributed by atoms with E-state index in [0.29, 0.717) is 0 Å². The van der Waals surface area contributed by atoms with Crippen molar-refractivity contribution in [1.29, 1.82) is 0 Å². The number of halogens is 4. The van der Waals surface area contributed by atoms with Gasteiger partial charge in [0.15, 0.2) is 0 Å². The third-order valence-corrected chi connectivity index (χ3v) is 24.2. The summed E-state index contributed by atoms with van der Waals surface area (Å²) in [6.45, 7) is 0. The van der Waals surface area contributed by atoms with Gasteiger partial charge in [0.25, 0.3) is 0 Å². The summed E-state index contributed by atoms with van der Waals surface area (Å²) in [6, 6.07) is 148. The Morgan fingerprint density at radius 3 is 1.06 bits per heavy atom. The zero-order valence-electron chi connectivity index (χ0n) is 66.6. The molecule has 0 fully saturated rings. The molecule has 0 saturated carbocycles. The van der Waals surface area contributed by atoms with Crippen LogP contribution in [0.15, 0.2) is 439 Å². The minimum atomic E-state index is 0. The summed E-state index contributed by atoms with van der Waals surface area (Å²) in [5, 5.41) is 5.05. The van der Waals surface area contributed by atoms with Crippen molar-refractivity contribution in [3.05, 3.63) is 457 Å². The average Bonchev–Trinajstić information content (AvgIpc) is 1.57.